The lowest BCUT2D eigenvalue weighted by atomic mass is 9.77. The first-order valence-electron chi connectivity index (χ1n) is 13.3. The Bertz CT molecular complexity index is 624. The van der Waals surface area contributed by atoms with Crippen molar-refractivity contribution >= 4 is 27.1 Å². The quantitative estimate of drug-likeness (QED) is 0.388. The minimum absolute atomic E-state index is 0.0265. The molecule has 0 radical (unpaired) electrons. The molecule has 2 heteroatoms. The highest BCUT2D eigenvalue weighted by atomic mass is 31.1. The molecule has 0 N–H and O–H groups in total. The Balaban J connectivity index is 1.61. The molecule has 3 aliphatic rings. The van der Waals surface area contributed by atoms with Crippen LogP contribution in [-0.4, -0.2) is 17.0 Å². The third-order valence-electron chi connectivity index (χ3n) is 8.48. The van der Waals surface area contributed by atoms with Crippen LogP contribution in [0.1, 0.15) is 104 Å². The maximum Gasteiger partial charge on any atom is -0.0161 e. The van der Waals surface area contributed by atoms with Gasteiger partial charge in [0.15, 0.2) is 0 Å². The monoisotopic (exact) mass is 444 g/mol. The van der Waals surface area contributed by atoms with Crippen molar-refractivity contribution in [3.63, 3.8) is 0 Å². The Kier molecular flexibility index (Phi) is 8.74. The summed E-state index contributed by atoms with van der Waals surface area (Å²) in [5.74, 6) is 2.73. The standard InChI is InChI=1S/C28H46P2/c1-21(2)25-19-18-22(3)20-27(25)29-26-16-10-11-17-28(26)30(23-12-6-4-7-13-23)24-14-8-5-9-15-24/h10-11,16-17,21-25,27,29H,4-9,12-15,18-20H2,1-3H3/t22-,25?,27-/m1/s1. The van der Waals surface area contributed by atoms with E-state index in [1.54, 1.807) is 5.30 Å². The largest absolute Gasteiger partial charge is 0.0862 e. The van der Waals surface area contributed by atoms with Crippen molar-refractivity contribution in [2.24, 2.45) is 17.8 Å². The van der Waals surface area contributed by atoms with E-state index in [1.165, 1.54) is 83.5 Å². The zero-order valence-corrected chi connectivity index (χ0v) is 21.8. The fourth-order valence-corrected chi connectivity index (χ4v) is 13.3. The average Bonchev–Trinajstić information content (AvgIpc) is 2.76. The summed E-state index contributed by atoms with van der Waals surface area (Å²) in [6.45, 7) is 7.48. The molecule has 0 saturated heterocycles. The molecule has 3 saturated carbocycles. The van der Waals surface area contributed by atoms with E-state index in [1.807, 2.05) is 5.30 Å². The van der Waals surface area contributed by atoms with Crippen LogP contribution >= 0.6 is 16.5 Å². The highest BCUT2D eigenvalue weighted by Gasteiger charge is 2.35. The highest BCUT2D eigenvalue weighted by Crippen LogP contribution is 2.55. The summed E-state index contributed by atoms with van der Waals surface area (Å²) in [6.07, 6.45) is 19.5. The molecule has 0 nitrogen and oxygen atoms in total. The predicted molar refractivity (Wildman–Crippen MR) is 140 cm³/mol. The molecule has 1 aromatic rings. The second-order valence-electron chi connectivity index (χ2n) is 11.1. The van der Waals surface area contributed by atoms with Gasteiger partial charge in [-0.05, 0) is 83.9 Å². The van der Waals surface area contributed by atoms with Gasteiger partial charge in [-0.1, -0.05) is 106 Å². The third kappa shape index (κ3) is 5.70. The maximum absolute atomic E-state index is 2.61. The third-order valence-corrected chi connectivity index (χ3v) is 14.0. The van der Waals surface area contributed by atoms with Crippen LogP contribution in [-0.2, 0) is 0 Å². The molecule has 0 heterocycles. The van der Waals surface area contributed by atoms with Gasteiger partial charge < -0.3 is 0 Å². The molecule has 168 valence electrons. The van der Waals surface area contributed by atoms with Crippen LogP contribution in [0.15, 0.2) is 24.3 Å². The zero-order valence-electron chi connectivity index (χ0n) is 19.9. The maximum atomic E-state index is 2.61. The molecule has 4 rings (SSSR count). The van der Waals surface area contributed by atoms with Crippen LogP contribution in [0.4, 0.5) is 0 Å². The van der Waals surface area contributed by atoms with Crippen molar-refractivity contribution in [2.45, 2.75) is 121 Å². The van der Waals surface area contributed by atoms with Crippen molar-refractivity contribution in [1.29, 1.82) is 0 Å². The molecule has 3 fully saturated rings. The van der Waals surface area contributed by atoms with E-state index in [9.17, 15) is 0 Å². The molecular formula is C28H46P2. The summed E-state index contributed by atoms with van der Waals surface area (Å²) < 4.78 is 0. The predicted octanol–water partition coefficient (Wildman–Crippen LogP) is 8.22. The van der Waals surface area contributed by atoms with Crippen LogP contribution in [0, 0.1) is 17.8 Å². The van der Waals surface area contributed by atoms with Gasteiger partial charge in [0.2, 0.25) is 0 Å². The Morgan fingerprint density at radius 3 is 2.00 bits per heavy atom. The van der Waals surface area contributed by atoms with E-state index in [0.717, 1.165) is 43.3 Å². The second kappa shape index (κ2) is 11.3. The van der Waals surface area contributed by atoms with E-state index in [2.05, 4.69) is 45.0 Å². The van der Waals surface area contributed by atoms with Crippen molar-refractivity contribution in [3.8, 4) is 0 Å². The van der Waals surface area contributed by atoms with E-state index >= 15 is 0 Å². The average molecular weight is 445 g/mol. The van der Waals surface area contributed by atoms with Gasteiger partial charge in [0.1, 0.15) is 0 Å². The molecule has 0 amide bonds. The minimum Gasteiger partial charge on any atom is -0.0862 e. The van der Waals surface area contributed by atoms with E-state index in [4.69, 9.17) is 0 Å². The lowest BCUT2D eigenvalue weighted by molar-refractivity contribution is 0.243. The van der Waals surface area contributed by atoms with Gasteiger partial charge in [-0.3, -0.25) is 0 Å². The molecule has 0 aliphatic heterocycles. The summed E-state index contributed by atoms with van der Waals surface area (Å²) in [6, 6.07) is 9.91. The molecule has 0 spiro atoms. The summed E-state index contributed by atoms with van der Waals surface area (Å²) in [4.78, 5) is 0. The van der Waals surface area contributed by atoms with Crippen molar-refractivity contribution in [1.82, 2.24) is 0 Å². The summed E-state index contributed by atoms with van der Waals surface area (Å²) in [7, 11) is 1.08. The van der Waals surface area contributed by atoms with Crippen molar-refractivity contribution in [2.75, 3.05) is 0 Å². The number of rotatable bonds is 6. The van der Waals surface area contributed by atoms with Gasteiger partial charge in [-0.15, -0.1) is 0 Å². The molecule has 2 unspecified atom stereocenters. The Morgan fingerprint density at radius 1 is 0.800 bits per heavy atom. The van der Waals surface area contributed by atoms with Gasteiger partial charge in [-0.25, -0.2) is 0 Å². The minimum atomic E-state index is 0.0265. The van der Waals surface area contributed by atoms with E-state index in [0.29, 0.717) is 0 Å². The van der Waals surface area contributed by atoms with Gasteiger partial charge in [-0.2, -0.15) is 0 Å². The molecule has 4 atom stereocenters. The lowest BCUT2D eigenvalue weighted by Gasteiger charge is -2.41. The first kappa shape index (κ1) is 23.2. The molecule has 1 aromatic carbocycles. The van der Waals surface area contributed by atoms with Crippen LogP contribution in [0.25, 0.3) is 0 Å². The first-order chi connectivity index (χ1) is 14.6. The fourth-order valence-electron chi connectivity index (χ4n) is 6.80. The summed E-state index contributed by atoms with van der Waals surface area (Å²) in [5.41, 5.74) is 2.98. The smallest absolute Gasteiger partial charge is 0.0161 e. The second-order valence-corrected chi connectivity index (χ2v) is 15.4. The Labute approximate surface area is 190 Å². The fraction of sp³-hybridized carbons (Fsp3) is 0.786. The highest BCUT2D eigenvalue weighted by molar-refractivity contribution is 7.69. The first-order valence-corrected chi connectivity index (χ1v) is 15.8. The number of hydrogen-bond acceptors (Lipinski definition) is 0. The summed E-state index contributed by atoms with van der Waals surface area (Å²) in [5, 5.41) is 3.66. The van der Waals surface area contributed by atoms with Crippen LogP contribution in [0.2, 0.25) is 0 Å². The van der Waals surface area contributed by atoms with Crippen LogP contribution in [0.5, 0.6) is 0 Å². The number of benzene rings is 1. The van der Waals surface area contributed by atoms with E-state index in [-0.39, 0.29) is 7.92 Å². The van der Waals surface area contributed by atoms with Crippen molar-refractivity contribution < 1.29 is 0 Å². The van der Waals surface area contributed by atoms with E-state index < -0.39 is 0 Å². The molecule has 0 bridgehead atoms. The number of hydrogen-bond donors (Lipinski definition) is 0. The van der Waals surface area contributed by atoms with Crippen molar-refractivity contribution in [3.05, 3.63) is 24.3 Å². The summed E-state index contributed by atoms with van der Waals surface area (Å²) >= 11 is 0. The van der Waals surface area contributed by atoms with Gasteiger partial charge >= 0.3 is 0 Å². The molecule has 3 aliphatic carbocycles. The molecule has 30 heavy (non-hydrogen) atoms. The topological polar surface area (TPSA) is 0 Å². The normalized spacial score (nSPS) is 30.0. The SMILES string of the molecule is CC(C)C1CC[C@@H](C)C[C@H]1Pc1ccccc1P(C1CCCCC1)C1CCCCC1. The lowest BCUT2D eigenvalue weighted by Crippen LogP contribution is -2.35. The Morgan fingerprint density at radius 2 is 1.40 bits per heavy atom. The molecular weight excluding hydrogens is 398 g/mol. The van der Waals surface area contributed by atoms with Gasteiger partial charge in [0.05, 0.1) is 0 Å². The van der Waals surface area contributed by atoms with Crippen LogP contribution in [0.3, 0.4) is 0 Å². The van der Waals surface area contributed by atoms with Gasteiger partial charge in [0.25, 0.3) is 0 Å². The van der Waals surface area contributed by atoms with Gasteiger partial charge in [0, 0.05) is 0 Å². The Hall–Kier alpha value is 0.0800. The molecule has 0 aromatic heterocycles. The van der Waals surface area contributed by atoms with Crippen LogP contribution < -0.4 is 10.6 Å². The zero-order chi connectivity index (χ0) is 20.9.